The van der Waals surface area contributed by atoms with Crippen LogP contribution < -0.4 is 5.32 Å². The number of phenolic OH excluding ortho intramolecular Hbond substituents is 1. The molecule has 33 heavy (non-hydrogen) atoms. The summed E-state index contributed by atoms with van der Waals surface area (Å²) in [6.45, 7) is 4.36. The lowest BCUT2D eigenvalue weighted by Crippen LogP contribution is -2.44. The van der Waals surface area contributed by atoms with Gasteiger partial charge in [-0.3, -0.25) is 4.79 Å². The van der Waals surface area contributed by atoms with Crippen LogP contribution in [0.4, 0.5) is 5.13 Å². The molecular weight excluding hydrogens is 434 g/mol. The number of carbonyl (C=O) groups is 1. The van der Waals surface area contributed by atoms with Crippen molar-refractivity contribution >= 4 is 28.1 Å². The van der Waals surface area contributed by atoms with Gasteiger partial charge in [-0.2, -0.15) is 0 Å². The minimum absolute atomic E-state index is 0.0269. The van der Waals surface area contributed by atoms with Gasteiger partial charge in [0.05, 0.1) is 5.71 Å². The van der Waals surface area contributed by atoms with Crippen LogP contribution in [0.25, 0.3) is 0 Å². The van der Waals surface area contributed by atoms with E-state index in [2.05, 4.69) is 28.4 Å². The molecule has 3 aliphatic carbocycles. The average Bonchev–Trinajstić information content (AvgIpc) is 3.32. The molecule has 0 saturated heterocycles. The smallest absolute Gasteiger partial charge is 0.226 e. The number of phenols is 1. The highest BCUT2D eigenvalue weighted by atomic mass is 32.1. The van der Waals surface area contributed by atoms with E-state index in [1.54, 1.807) is 13.3 Å². The number of aromatic nitrogens is 1. The SMILES string of the molecule is CON=C1CC(CCC(=O)Nc2ncc(C)s2)C2C3CCc4cc(O)ccc4C3CC[C@]12C. The van der Waals surface area contributed by atoms with Crippen LogP contribution in [0.5, 0.6) is 5.75 Å². The largest absolute Gasteiger partial charge is 0.508 e. The Morgan fingerprint density at radius 2 is 2.24 bits per heavy atom. The molecule has 0 bridgehead atoms. The fourth-order valence-electron chi connectivity index (χ4n) is 7.08. The maximum absolute atomic E-state index is 12.7. The lowest BCUT2D eigenvalue weighted by molar-refractivity contribution is -0.116. The van der Waals surface area contributed by atoms with Gasteiger partial charge in [-0.25, -0.2) is 4.98 Å². The lowest BCUT2D eigenvalue weighted by Gasteiger charge is -2.50. The maximum Gasteiger partial charge on any atom is 0.226 e. The molecule has 1 aromatic carbocycles. The molecule has 7 heteroatoms. The first-order valence-electron chi connectivity index (χ1n) is 12.0. The number of nitrogens with one attached hydrogen (secondary N) is 1. The van der Waals surface area contributed by atoms with E-state index in [-0.39, 0.29) is 11.3 Å². The molecule has 3 aliphatic rings. The molecule has 2 aromatic rings. The van der Waals surface area contributed by atoms with Gasteiger partial charge in [0.2, 0.25) is 5.91 Å². The Hall–Kier alpha value is -2.41. The molecule has 2 N–H and O–H groups in total. The van der Waals surface area contributed by atoms with E-state index in [4.69, 9.17) is 4.84 Å². The average molecular weight is 468 g/mol. The molecule has 4 unspecified atom stereocenters. The molecule has 0 aliphatic heterocycles. The molecule has 1 heterocycles. The van der Waals surface area contributed by atoms with E-state index >= 15 is 0 Å². The van der Waals surface area contributed by atoms with Crippen molar-refractivity contribution < 1.29 is 14.7 Å². The van der Waals surface area contributed by atoms with E-state index in [0.717, 1.165) is 43.4 Å². The first-order chi connectivity index (χ1) is 15.9. The summed E-state index contributed by atoms with van der Waals surface area (Å²) >= 11 is 1.51. The van der Waals surface area contributed by atoms with Crippen LogP contribution in [-0.2, 0) is 16.1 Å². The predicted molar refractivity (Wildman–Crippen MR) is 131 cm³/mol. The third-order valence-corrected chi connectivity index (χ3v) is 9.22. The highest BCUT2D eigenvalue weighted by molar-refractivity contribution is 7.15. The van der Waals surface area contributed by atoms with Crippen LogP contribution in [0.1, 0.15) is 67.4 Å². The second-order valence-corrected chi connectivity index (χ2v) is 11.5. The predicted octanol–water partition coefficient (Wildman–Crippen LogP) is 5.66. The third kappa shape index (κ3) is 4.05. The van der Waals surface area contributed by atoms with Crippen molar-refractivity contribution in [3.63, 3.8) is 0 Å². The van der Waals surface area contributed by atoms with Crippen molar-refractivity contribution in [3.8, 4) is 5.75 Å². The Kier molecular flexibility index (Phi) is 5.93. The van der Waals surface area contributed by atoms with E-state index in [0.29, 0.717) is 41.0 Å². The van der Waals surface area contributed by atoms with Crippen LogP contribution in [-0.4, -0.2) is 28.8 Å². The zero-order valence-electron chi connectivity index (χ0n) is 19.6. The summed E-state index contributed by atoms with van der Waals surface area (Å²) in [6.07, 6.45) is 8.40. The molecule has 5 rings (SSSR count). The fourth-order valence-corrected chi connectivity index (χ4v) is 7.76. The summed E-state index contributed by atoms with van der Waals surface area (Å²) < 4.78 is 0. The number of fused-ring (bicyclic) bond motifs is 5. The molecule has 0 radical (unpaired) electrons. The number of carbonyl (C=O) groups excluding carboxylic acids is 1. The monoisotopic (exact) mass is 467 g/mol. The Labute approximate surface area is 199 Å². The second kappa shape index (κ2) is 8.75. The van der Waals surface area contributed by atoms with Gasteiger partial charge in [-0.1, -0.05) is 18.1 Å². The van der Waals surface area contributed by atoms with Crippen LogP contribution in [0.15, 0.2) is 29.6 Å². The first kappa shape index (κ1) is 22.4. The molecule has 176 valence electrons. The zero-order valence-corrected chi connectivity index (χ0v) is 20.5. The normalized spacial score (nSPS) is 31.5. The molecule has 6 nitrogen and oxygen atoms in total. The Balaban J connectivity index is 1.37. The summed E-state index contributed by atoms with van der Waals surface area (Å²) in [4.78, 5) is 23.3. The summed E-state index contributed by atoms with van der Waals surface area (Å²) in [6, 6.07) is 5.93. The number of anilines is 1. The number of aryl methyl sites for hydroxylation is 2. The first-order valence-corrected chi connectivity index (χ1v) is 12.8. The van der Waals surface area contributed by atoms with E-state index in [1.165, 1.54) is 28.2 Å². The number of oxime groups is 1. The van der Waals surface area contributed by atoms with Crippen LogP contribution in [0.3, 0.4) is 0 Å². The molecule has 5 atom stereocenters. The minimum atomic E-state index is 0.0269. The van der Waals surface area contributed by atoms with Gasteiger partial charge in [-0.05, 0) is 92.4 Å². The van der Waals surface area contributed by atoms with Crippen molar-refractivity contribution in [2.45, 2.75) is 64.7 Å². The van der Waals surface area contributed by atoms with Gasteiger partial charge in [0.25, 0.3) is 0 Å². The van der Waals surface area contributed by atoms with Gasteiger partial charge < -0.3 is 15.3 Å². The topological polar surface area (TPSA) is 83.8 Å². The van der Waals surface area contributed by atoms with Gasteiger partial charge in [0.1, 0.15) is 12.9 Å². The molecule has 0 spiro atoms. The minimum Gasteiger partial charge on any atom is -0.508 e. The third-order valence-electron chi connectivity index (χ3n) is 8.40. The summed E-state index contributed by atoms with van der Waals surface area (Å²) in [5.41, 5.74) is 3.92. The second-order valence-electron chi connectivity index (χ2n) is 10.2. The number of hydrogen-bond acceptors (Lipinski definition) is 6. The van der Waals surface area contributed by atoms with Crippen LogP contribution in [0, 0.1) is 30.1 Å². The van der Waals surface area contributed by atoms with Crippen molar-refractivity contribution in [2.75, 3.05) is 12.4 Å². The summed E-state index contributed by atoms with van der Waals surface area (Å²) in [5.74, 6) is 2.40. The number of benzene rings is 1. The van der Waals surface area contributed by atoms with Gasteiger partial charge >= 0.3 is 0 Å². The van der Waals surface area contributed by atoms with Gasteiger partial charge in [0, 0.05) is 22.9 Å². The highest BCUT2D eigenvalue weighted by Gasteiger charge is 2.57. The number of nitrogens with zero attached hydrogens (tertiary/aromatic N) is 2. The molecule has 1 aromatic heterocycles. The van der Waals surface area contributed by atoms with Crippen molar-refractivity contribution in [1.29, 1.82) is 0 Å². The zero-order chi connectivity index (χ0) is 23.2. The number of rotatable bonds is 5. The Bertz CT molecular complexity index is 1080. The number of thiazole rings is 1. The number of aromatic hydroxyl groups is 1. The standard InChI is InChI=1S/C26H33N3O3S/c1-15-14-27-25(33-15)28-23(31)9-5-17-13-22(29-32-3)26(2)11-10-20-19-8-6-18(30)12-16(19)4-7-21(20)24(17)26/h6,8,12,14,17,20-21,24,30H,4-5,7,9-11,13H2,1-3H3,(H,27,28,31)/t17?,20?,21?,24?,26-/m1/s1. The fraction of sp³-hybridized carbons (Fsp3) is 0.577. The number of hydrogen-bond donors (Lipinski definition) is 2. The van der Waals surface area contributed by atoms with Crippen molar-refractivity contribution in [3.05, 3.63) is 40.4 Å². The summed E-state index contributed by atoms with van der Waals surface area (Å²) in [5, 5.41) is 18.1. The van der Waals surface area contributed by atoms with Crippen molar-refractivity contribution in [1.82, 2.24) is 4.98 Å². The number of amides is 1. The van der Waals surface area contributed by atoms with Crippen LogP contribution in [0.2, 0.25) is 0 Å². The van der Waals surface area contributed by atoms with Gasteiger partial charge in [0.15, 0.2) is 5.13 Å². The van der Waals surface area contributed by atoms with E-state index in [9.17, 15) is 9.90 Å². The van der Waals surface area contributed by atoms with Gasteiger partial charge in [-0.15, -0.1) is 11.3 Å². The maximum atomic E-state index is 12.7. The quantitative estimate of drug-likeness (QED) is 0.556. The van der Waals surface area contributed by atoms with Crippen molar-refractivity contribution in [2.24, 2.45) is 28.3 Å². The lowest BCUT2D eigenvalue weighted by atomic mass is 9.54. The van der Waals surface area contributed by atoms with E-state index < -0.39 is 0 Å². The van der Waals surface area contributed by atoms with E-state index in [1.807, 2.05) is 19.1 Å². The molecule has 2 saturated carbocycles. The molecule has 1 amide bonds. The summed E-state index contributed by atoms with van der Waals surface area (Å²) in [7, 11) is 1.64. The van der Waals surface area contributed by atoms with Crippen LogP contribution >= 0.6 is 11.3 Å². The highest BCUT2D eigenvalue weighted by Crippen LogP contribution is 2.62. The Morgan fingerprint density at radius 1 is 1.39 bits per heavy atom. The Morgan fingerprint density at radius 3 is 3.00 bits per heavy atom. The molecule has 2 fully saturated rings. The molecular formula is C26H33N3O3S.